The number of nitrogens with one attached hydrogen (secondary N) is 2. The second-order valence-electron chi connectivity index (χ2n) is 7.76. The van der Waals surface area contributed by atoms with Gasteiger partial charge in [-0.3, -0.25) is 14.9 Å². The number of rotatable bonds is 4. The zero-order valence-electron chi connectivity index (χ0n) is 17.2. The molecule has 0 bridgehead atoms. The number of carbonyl (C=O) groups is 2. The molecule has 0 spiro atoms. The summed E-state index contributed by atoms with van der Waals surface area (Å²) in [6, 6.07) is 6.95. The van der Waals surface area contributed by atoms with Gasteiger partial charge in [0.1, 0.15) is 6.04 Å². The zero-order valence-corrected chi connectivity index (χ0v) is 17.2. The van der Waals surface area contributed by atoms with Crippen LogP contribution in [0.5, 0.6) is 0 Å². The van der Waals surface area contributed by atoms with Crippen LogP contribution in [0.4, 0.5) is 5.69 Å². The highest BCUT2D eigenvalue weighted by Crippen LogP contribution is 2.17. The Morgan fingerprint density at radius 2 is 2.17 bits per heavy atom. The molecule has 30 heavy (non-hydrogen) atoms. The number of amides is 2. The van der Waals surface area contributed by atoms with E-state index in [-0.39, 0.29) is 24.3 Å². The Morgan fingerprint density at radius 3 is 2.87 bits per heavy atom. The smallest absolute Gasteiger partial charge is 0.247 e. The molecule has 3 N–H and O–H groups in total. The summed E-state index contributed by atoms with van der Waals surface area (Å²) in [5, 5.41) is 24.3. The third kappa shape index (κ3) is 5.70. The van der Waals surface area contributed by atoms with Crippen molar-refractivity contribution < 1.29 is 14.7 Å². The number of aliphatic hydroxyl groups excluding tert-OH is 1. The van der Waals surface area contributed by atoms with Crippen molar-refractivity contribution >= 4 is 23.5 Å². The van der Waals surface area contributed by atoms with Crippen molar-refractivity contribution in [2.24, 2.45) is 4.99 Å². The summed E-state index contributed by atoms with van der Waals surface area (Å²) in [7, 11) is 0. The van der Waals surface area contributed by atoms with Gasteiger partial charge in [0.25, 0.3) is 0 Å². The van der Waals surface area contributed by atoms with Crippen LogP contribution in [0.2, 0.25) is 0 Å². The number of benzene rings is 1. The van der Waals surface area contributed by atoms with E-state index in [1.807, 2.05) is 37.4 Å². The number of anilines is 1. The Labute approximate surface area is 176 Å². The lowest BCUT2D eigenvalue weighted by Crippen LogP contribution is -2.45. The van der Waals surface area contributed by atoms with Crippen LogP contribution in [0.1, 0.15) is 31.2 Å². The average molecular weight is 412 g/mol. The quantitative estimate of drug-likeness (QED) is 0.291. The topological polar surface area (TPSA) is 121 Å². The van der Waals surface area contributed by atoms with E-state index in [1.54, 1.807) is 9.80 Å². The molecule has 1 aromatic rings. The number of nitriles is 1. The molecule has 2 heterocycles. The van der Waals surface area contributed by atoms with Crippen molar-refractivity contribution in [3.05, 3.63) is 29.8 Å². The fourth-order valence-electron chi connectivity index (χ4n) is 3.76. The van der Waals surface area contributed by atoms with E-state index < -0.39 is 12.1 Å². The van der Waals surface area contributed by atoms with E-state index in [1.165, 1.54) is 0 Å². The van der Waals surface area contributed by atoms with Crippen LogP contribution in [0.25, 0.3) is 0 Å². The number of hydrogen-bond acceptors (Lipinski definition) is 5. The van der Waals surface area contributed by atoms with Crippen molar-refractivity contribution in [3.63, 3.8) is 0 Å². The molecule has 2 saturated heterocycles. The monoisotopic (exact) mass is 412 g/mol. The molecular formula is C21H28N6O3. The van der Waals surface area contributed by atoms with Gasteiger partial charge in [-0.15, -0.1) is 0 Å². The molecule has 1 aromatic carbocycles. The molecule has 2 amide bonds. The van der Waals surface area contributed by atoms with Gasteiger partial charge < -0.3 is 20.2 Å². The van der Waals surface area contributed by atoms with Crippen LogP contribution >= 0.6 is 0 Å². The SMILES string of the molecule is Cc1cccc(NC(=NC2CCCCN(CC(=O)N3CCC(O)C3)C2=O)NC#N)c1. The van der Waals surface area contributed by atoms with Crippen molar-refractivity contribution in [1.29, 1.82) is 5.26 Å². The summed E-state index contributed by atoms with van der Waals surface area (Å²) in [5.74, 6) is -0.168. The van der Waals surface area contributed by atoms with Crippen molar-refractivity contribution in [2.75, 3.05) is 31.5 Å². The number of β-amino-alcohol motifs (C(OH)–C–C–N with tert-alkyl or cyclic N) is 1. The van der Waals surface area contributed by atoms with Gasteiger partial charge in [-0.2, -0.15) is 5.26 Å². The predicted molar refractivity (Wildman–Crippen MR) is 112 cm³/mol. The largest absolute Gasteiger partial charge is 0.391 e. The Balaban J connectivity index is 1.71. The Morgan fingerprint density at radius 1 is 1.33 bits per heavy atom. The molecule has 9 heteroatoms. The van der Waals surface area contributed by atoms with Gasteiger partial charge in [0.05, 0.1) is 12.6 Å². The number of hydrogen-bond donors (Lipinski definition) is 3. The van der Waals surface area contributed by atoms with Crippen molar-refractivity contribution in [1.82, 2.24) is 15.1 Å². The molecule has 0 aromatic heterocycles. The highest BCUT2D eigenvalue weighted by molar-refractivity contribution is 5.97. The minimum Gasteiger partial charge on any atom is -0.391 e. The lowest BCUT2D eigenvalue weighted by Gasteiger charge is -2.25. The first-order valence-electron chi connectivity index (χ1n) is 10.3. The first-order valence-corrected chi connectivity index (χ1v) is 10.3. The average Bonchev–Trinajstić information content (AvgIpc) is 3.08. The second kappa shape index (κ2) is 10.1. The molecule has 2 unspecified atom stereocenters. The summed E-state index contributed by atoms with van der Waals surface area (Å²) in [6.45, 7) is 3.28. The van der Waals surface area contributed by atoms with Crippen LogP contribution in [0, 0.1) is 18.4 Å². The van der Waals surface area contributed by atoms with Gasteiger partial charge in [-0.25, -0.2) is 4.99 Å². The summed E-state index contributed by atoms with van der Waals surface area (Å²) in [6.07, 6.45) is 4.09. The molecule has 2 aliphatic rings. The highest BCUT2D eigenvalue weighted by atomic mass is 16.3. The molecule has 160 valence electrons. The van der Waals surface area contributed by atoms with E-state index >= 15 is 0 Å². The molecule has 2 atom stereocenters. The van der Waals surface area contributed by atoms with E-state index in [2.05, 4.69) is 15.6 Å². The minimum atomic E-state index is -0.669. The van der Waals surface area contributed by atoms with Gasteiger partial charge in [-0.1, -0.05) is 12.1 Å². The molecular weight excluding hydrogens is 384 g/mol. The fraction of sp³-hybridized carbons (Fsp3) is 0.524. The summed E-state index contributed by atoms with van der Waals surface area (Å²) in [5.41, 5.74) is 1.82. The van der Waals surface area contributed by atoms with Crippen LogP contribution < -0.4 is 10.6 Å². The predicted octanol–water partition coefficient (Wildman–Crippen LogP) is 0.808. The molecule has 0 saturated carbocycles. The molecule has 2 fully saturated rings. The summed E-state index contributed by atoms with van der Waals surface area (Å²) < 4.78 is 0. The number of aryl methyl sites for hydroxylation is 1. The number of aliphatic imine (C=N–C) groups is 1. The molecule has 0 aliphatic carbocycles. The van der Waals surface area contributed by atoms with E-state index in [4.69, 9.17) is 5.26 Å². The van der Waals surface area contributed by atoms with Crippen LogP contribution in [-0.2, 0) is 9.59 Å². The van der Waals surface area contributed by atoms with Gasteiger partial charge in [0, 0.05) is 25.3 Å². The van der Waals surface area contributed by atoms with Crippen molar-refractivity contribution in [3.8, 4) is 6.19 Å². The molecule has 9 nitrogen and oxygen atoms in total. The lowest BCUT2D eigenvalue weighted by atomic mass is 10.1. The molecule has 2 aliphatic heterocycles. The van der Waals surface area contributed by atoms with Gasteiger partial charge >= 0.3 is 0 Å². The lowest BCUT2D eigenvalue weighted by molar-refractivity contribution is -0.140. The molecule has 0 radical (unpaired) electrons. The van der Waals surface area contributed by atoms with Crippen LogP contribution in [0.15, 0.2) is 29.3 Å². The third-order valence-corrected chi connectivity index (χ3v) is 5.33. The highest BCUT2D eigenvalue weighted by Gasteiger charge is 2.31. The Bertz CT molecular complexity index is 849. The van der Waals surface area contributed by atoms with Gasteiger partial charge in [0.15, 0.2) is 6.19 Å². The zero-order chi connectivity index (χ0) is 21.5. The van der Waals surface area contributed by atoms with E-state index in [0.717, 1.165) is 24.1 Å². The van der Waals surface area contributed by atoms with E-state index in [9.17, 15) is 14.7 Å². The number of carbonyl (C=O) groups excluding carboxylic acids is 2. The summed E-state index contributed by atoms with van der Waals surface area (Å²) >= 11 is 0. The summed E-state index contributed by atoms with van der Waals surface area (Å²) in [4.78, 5) is 33.2. The number of nitrogens with zero attached hydrogens (tertiary/aromatic N) is 4. The third-order valence-electron chi connectivity index (χ3n) is 5.33. The number of likely N-dealkylation sites (tertiary alicyclic amines) is 2. The maximum atomic E-state index is 13.1. The molecule has 3 rings (SSSR count). The first kappa shape index (κ1) is 21.6. The maximum absolute atomic E-state index is 13.1. The number of guanidine groups is 1. The fourth-order valence-corrected chi connectivity index (χ4v) is 3.76. The Hall–Kier alpha value is -3.12. The van der Waals surface area contributed by atoms with Gasteiger partial charge in [0.2, 0.25) is 17.8 Å². The minimum absolute atomic E-state index is 0.0100. The van der Waals surface area contributed by atoms with Crippen LogP contribution in [-0.4, -0.2) is 71.0 Å². The standard InChI is InChI=1S/C21H28N6O3/c1-15-5-4-6-16(11-15)24-21(23-14-22)25-18-7-2-3-9-27(20(18)30)13-19(29)26-10-8-17(28)12-26/h4-6,11,17-18,28H,2-3,7-10,12-13H2,1H3,(H2,23,24,25). The van der Waals surface area contributed by atoms with Crippen molar-refractivity contribution in [2.45, 2.75) is 44.8 Å². The first-order chi connectivity index (χ1) is 14.5. The van der Waals surface area contributed by atoms with Crippen LogP contribution in [0.3, 0.4) is 0 Å². The maximum Gasteiger partial charge on any atom is 0.247 e. The Kier molecular flexibility index (Phi) is 7.25. The normalized spacial score (nSPS) is 22.4. The number of aliphatic hydroxyl groups is 1. The van der Waals surface area contributed by atoms with Gasteiger partial charge in [-0.05, 0) is 50.3 Å². The second-order valence-corrected chi connectivity index (χ2v) is 7.76. The van der Waals surface area contributed by atoms with E-state index in [0.29, 0.717) is 32.5 Å².